The van der Waals surface area contributed by atoms with Gasteiger partial charge in [0.15, 0.2) is 5.82 Å². The van der Waals surface area contributed by atoms with Crippen LogP contribution in [0.4, 0.5) is 5.69 Å². The van der Waals surface area contributed by atoms with Crippen LogP contribution in [0, 0.1) is 13.8 Å². The van der Waals surface area contributed by atoms with Crippen LogP contribution in [0.15, 0.2) is 48.8 Å². The zero-order valence-electron chi connectivity index (χ0n) is 15.5. The Kier molecular flexibility index (Phi) is 5.02. The number of aromatic nitrogens is 3. The van der Waals surface area contributed by atoms with E-state index in [-0.39, 0.29) is 5.91 Å². The highest BCUT2D eigenvalue weighted by Crippen LogP contribution is 2.19. The summed E-state index contributed by atoms with van der Waals surface area (Å²) in [5.74, 6) is 0.554. The number of hydrogen-bond donors (Lipinski definition) is 1. The normalized spacial score (nSPS) is 10.6. The van der Waals surface area contributed by atoms with Crippen molar-refractivity contribution in [1.29, 1.82) is 0 Å². The average Bonchev–Trinajstić information content (AvgIpc) is 3.01. The van der Waals surface area contributed by atoms with E-state index >= 15 is 0 Å². The highest BCUT2D eigenvalue weighted by molar-refractivity contribution is 5.95. The van der Waals surface area contributed by atoms with Crippen LogP contribution in [0.5, 0.6) is 0 Å². The van der Waals surface area contributed by atoms with Gasteiger partial charge in [0.05, 0.1) is 17.5 Å². The molecule has 0 aliphatic heterocycles. The first-order chi connectivity index (χ1) is 12.5. The number of carbonyl (C=O) groups excluding carboxylic acids is 1. The number of nitrogens with zero attached hydrogens (tertiary/aromatic N) is 4. The van der Waals surface area contributed by atoms with Crippen molar-refractivity contribution >= 4 is 11.6 Å². The summed E-state index contributed by atoms with van der Waals surface area (Å²) in [6, 6.07) is 11.8. The van der Waals surface area contributed by atoms with Crippen LogP contribution in [0.1, 0.15) is 27.2 Å². The smallest absolute Gasteiger partial charge is 0.255 e. The standard InChI is InChI=1S/C20H23N5O/c1-14-11-16(8-9-18(14)24(3)4)12-22-20(26)17-13-23-25(15(17)2)19-7-5-6-10-21-19/h5-11,13H,12H2,1-4H3,(H,22,26). The number of nitrogens with one attached hydrogen (secondary N) is 1. The molecule has 6 nitrogen and oxygen atoms in total. The molecule has 6 heteroatoms. The molecule has 0 unspecified atom stereocenters. The van der Waals surface area contributed by atoms with Gasteiger partial charge < -0.3 is 10.2 Å². The van der Waals surface area contributed by atoms with Gasteiger partial charge in [-0.15, -0.1) is 0 Å². The summed E-state index contributed by atoms with van der Waals surface area (Å²) in [4.78, 5) is 18.9. The van der Waals surface area contributed by atoms with Crippen LogP contribution in [0.3, 0.4) is 0 Å². The molecule has 3 aromatic rings. The summed E-state index contributed by atoms with van der Waals surface area (Å²) in [6.07, 6.45) is 3.29. The van der Waals surface area contributed by atoms with Gasteiger partial charge in [0.2, 0.25) is 0 Å². The van der Waals surface area contributed by atoms with Gasteiger partial charge in [-0.05, 0) is 43.2 Å². The highest BCUT2D eigenvalue weighted by atomic mass is 16.1. The zero-order valence-corrected chi connectivity index (χ0v) is 15.5. The van der Waals surface area contributed by atoms with E-state index in [9.17, 15) is 4.79 Å². The van der Waals surface area contributed by atoms with E-state index in [1.54, 1.807) is 17.1 Å². The first kappa shape index (κ1) is 17.7. The van der Waals surface area contributed by atoms with E-state index in [4.69, 9.17) is 0 Å². The van der Waals surface area contributed by atoms with Gasteiger partial charge in [-0.2, -0.15) is 5.10 Å². The zero-order chi connectivity index (χ0) is 18.7. The van der Waals surface area contributed by atoms with Crippen LogP contribution in [0.25, 0.3) is 5.82 Å². The van der Waals surface area contributed by atoms with Gasteiger partial charge in [-0.3, -0.25) is 4.79 Å². The molecule has 0 radical (unpaired) electrons. The van der Waals surface area contributed by atoms with Crippen LogP contribution in [-0.2, 0) is 6.54 Å². The molecule has 1 aromatic carbocycles. The second-order valence-electron chi connectivity index (χ2n) is 6.44. The van der Waals surface area contributed by atoms with Crippen molar-refractivity contribution < 1.29 is 4.79 Å². The quantitative estimate of drug-likeness (QED) is 0.769. The molecule has 0 spiro atoms. The third kappa shape index (κ3) is 3.59. The summed E-state index contributed by atoms with van der Waals surface area (Å²) in [6.45, 7) is 4.41. The molecular formula is C20H23N5O. The van der Waals surface area contributed by atoms with Gasteiger partial charge in [0, 0.05) is 32.5 Å². The van der Waals surface area contributed by atoms with Gasteiger partial charge in [0.1, 0.15) is 0 Å². The highest BCUT2D eigenvalue weighted by Gasteiger charge is 2.15. The molecule has 0 bridgehead atoms. The van der Waals surface area contributed by atoms with E-state index in [0.717, 1.165) is 11.3 Å². The third-order valence-corrected chi connectivity index (χ3v) is 4.32. The fourth-order valence-electron chi connectivity index (χ4n) is 2.95. The maximum Gasteiger partial charge on any atom is 0.255 e. The van der Waals surface area contributed by atoms with Crippen molar-refractivity contribution in [3.8, 4) is 5.82 Å². The van der Waals surface area contributed by atoms with Crippen molar-refractivity contribution in [1.82, 2.24) is 20.1 Å². The van der Waals surface area contributed by atoms with Crippen LogP contribution < -0.4 is 10.2 Å². The largest absolute Gasteiger partial charge is 0.377 e. The van der Waals surface area contributed by atoms with Crippen molar-refractivity contribution in [2.24, 2.45) is 0 Å². The molecular weight excluding hydrogens is 326 g/mol. The summed E-state index contributed by atoms with van der Waals surface area (Å²) in [5, 5.41) is 7.27. The van der Waals surface area contributed by atoms with E-state index in [1.807, 2.05) is 45.3 Å². The summed E-state index contributed by atoms with van der Waals surface area (Å²) >= 11 is 0. The Labute approximate surface area is 153 Å². The summed E-state index contributed by atoms with van der Waals surface area (Å²) in [5.41, 5.74) is 4.74. The number of carbonyl (C=O) groups is 1. The molecule has 26 heavy (non-hydrogen) atoms. The Hall–Kier alpha value is -3.15. The number of anilines is 1. The first-order valence-electron chi connectivity index (χ1n) is 8.48. The SMILES string of the molecule is Cc1cc(CNC(=O)c2cnn(-c3ccccn3)c2C)ccc1N(C)C. The Morgan fingerprint density at radius 1 is 1.19 bits per heavy atom. The van der Waals surface area contributed by atoms with E-state index in [1.165, 1.54) is 11.3 Å². The molecule has 134 valence electrons. The molecule has 0 fully saturated rings. The summed E-state index contributed by atoms with van der Waals surface area (Å²) in [7, 11) is 4.04. The monoisotopic (exact) mass is 349 g/mol. The lowest BCUT2D eigenvalue weighted by atomic mass is 10.1. The number of benzene rings is 1. The first-order valence-corrected chi connectivity index (χ1v) is 8.48. The van der Waals surface area contributed by atoms with E-state index in [0.29, 0.717) is 17.9 Å². The van der Waals surface area contributed by atoms with Crippen LogP contribution in [-0.4, -0.2) is 34.8 Å². The Balaban J connectivity index is 1.71. The molecule has 0 aliphatic rings. The van der Waals surface area contributed by atoms with Crippen LogP contribution >= 0.6 is 0 Å². The average molecular weight is 349 g/mol. The fraction of sp³-hybridized carbons (Fsp3) is 0.250. The third-order valence-electron chi connectivity index (χ3n) is 4.32. The Morgan fingerprint density at radius 2 is 2.00 bits per heavy atom. The van der Waals surface area contributed by atoms with Crippen LogP contribution in [0.2, 0.25) is 0 Å². The number of pyridine rings is 1. The topological polar surface area (TPSA) is 63.1 Å². The predicted molar refractivity (Wildman–Crippen MR) is 103 cm³/mol. The molecule has 2 heterocycles. The van der Waals surface area contributed by atoms with Crippen molar-refractivity contribution in [3.05, 3.63) is 71.2 Å². The fourth-order valence-corrected chi connectivity index (χ4v) is 2.95. The lowest BCUT2D eigenvalue weighted by Gasteiger charge is -2.16. The molecule has 1 N–H and O–H groups in total. The lowest BCUT2D eigenvalue weighted by Crippen LogP contribution is -2.23. The second-order valence-corrected chi connectivity index (χ2v) is 6.44. The molecule has 0 saturated carbocycles. The number of hydrogen-bond acceptors (Lipinski definition) is 4. The van der Waals surface area contributed by atoms with Gasteiger partial charge in [-0.25, -0.2) is 9.67 Å². The van der Waals surface area contributed by atoms with Crippen molar-refractivity contribution in [2.45, 2.75) is 20.4 Å². The minimum atomic E-state index is -0.140. The van der Waals surface area contributed by atoms with Crippen molar-refractivity contribution in [3.63, 3.8) is 0 Å². The molecule has 0 atom stereocenters. The number of aryl methyl sites for hydroxylation is 1. The van der Waals surface area contributed by atoms with E-state index in [2.05, 4.69) is 39.4 Å². The maximum absolute atomic E-state index is 12.6. The molecule has 2 aromatic heterocycles. The van der Waals surface area contributed by atoms with Crippen molar-refractivity contribution in [2.75, 3.05) is 19.0 Å². The van der Waals surface area contributed by atoms with Gasteiger partial charge in [0.25, 0.3) is 5.91 Å². The number of rotatable bonds is 5. The van der Waals surface area contributed by atoms with Gasteiger partial charge >= 0.3 is 0 Å². The second kappa shape index (κ2) is 7.39. The minimum absolute atomic E-state index is 0.140. The summed E-state index contributed by atoms with van der Waals surface area (Å²) < 4.78 is 1.67. The molecule has 0 aliphatic carbocycles. The predicted octanol–water partition coefficient (Wildman–Crippen LogP) is 2.88. The maximum atomic E-state index is 12.6. The Bertz CT molecular complexity index is 915. The number of amides is 1. The molecule has 0 saturated heterocycles. The molecule has 3 rings (SSSR count). The Morgan fingerprint density at radius 3 is 2.65 bits per heavy atom. The molecule has 1 amide bonds. The van der Waals surface area contributed by atoms with Gasteiger partial charge in [-0.1, -0.05) is 18.2 Å². The van der Waals surface area contributed by atoms with E-state index < -0.39 is 0 Å². The lowest BCUT2D eigenvalue weighted by molar-refractivity contribution is 0.0950. The minimum Gasteiger partial charge on any atom is -0.377 e.